The van der Waals surface area contributed by atoms with Gasteiger partial charge in [-0.25, -0.2) is 0 Å². The van der Waals surface area contributed by atoms with Crippen molar-refractivity contribution in [1.82, 2.24) is 10.2 Å². The Morgan fingerprint density at radius 3 is 2.45 bits per heavy atom. The summed E-state index contributed by atoms with van der Waals surface area (Å²) in [7, 11) is 0. The van der Waals surface area contributed by atoms with Gasteiger partial charge in [0.15, 0.2) is 0 Å². The maximum absolute atomic E-state index is 5.80. The highest BCUT2D eigenvalue weighted by Crippen LogP contribution is 2.27. The van der Waals surface area contributed by atoms with Crippen LogP contribution >= 0.6 is 0 Å². The summed E-state index contributed by atoms with van der Waals surface area (Å²) >= 11 is 0. The van der Waals surface area contributed by atoms with Crippen molar-refractivity contribution < 1.29 is 4.74 Å². The van der Waals surface area contributed by atoms with Gasteiger partial charge in [0.25, 0.3) is 0 Å². The van der Waals surface area contributed by atoms with Crippen LogP contribution in [0.4, 0.5) is 0 Å². The number of rotatable bonds is 6. The zero-order valence-corrected chi connectivity index (χ0v) is 14.8. The first-order chi connectivity index (χ1) is 9.13. The first kappa shape index (κ1) is 17.9. The standard InChI is InChI=1S/C17H36N2O/c1-14(2)8-10-20-11-9-19-12-15(16(3,4)5)18-13-17(19,6)7/h14-15,18H,8-13H2,1-7H3. The van der Waals surface area contributed by atoms with Gasteiger partial charge in [-0.3, -0.25) is 4.90 Å². The number of hydrogen-bond donors (Lipinski definition) is 1. The lowest BCUT2D eigenvalue weighted by Gasteiger charge is -2.49. The molecule has 1 atom stereocenters. The van der Waals surface area contributed by atoms with Crippen LogP contribution in [0.1, 0.15) is 54.9 Å². The smallest absolute Gasteiger partial charge is 0.0593 e. The molecule has 0 aliphatic carbocycles. The molecular formula is C17H36N2O. The molecule has 1 N–H and O–H groups in total. The molecule has 1 aliphatic rings. The van der Waals surface area contributed by atoms with Crippen molar-refractivity contribution in [2.24, 2.45) is 11.3 Å². The second kappa shape index (κ2) is 7.24. The lowest BCUT2D eigenvalue weighted by Crippen LogP contribution is -2.65. The molecule has 0 bridgehead atoms. The summed E-state index contributed by atoms with van der Waals surface area (Å²) in [6, 6.07) is 0.561. The van der Waals surface area contributed by atoms with Crippen LogP contribution in [-0.2, 0) is 4.74 Å². The van der Waals surface area contributed by atoms with Gasteiger partial charge in [-0.05, 0) is 31.6 Å². The van der Waals surface area contributed by atoms with Crippen molar-refractivity contribution in [3.63, 3.8) is 0 Å². The quantitative estimate of drug-likeness (QED) is 0.758. The molecule has 0 spiro atoms. The van der Waals surface area contributed by atoms with E-state index in [-0.39, 0.29) is 5.54 Å². The molecule has 0 saturated carbocycles. The fraction of sp³-hybridized carbons (Fsp3) is 1.00. The predicted octanol–water partition coefficient (Wildman–Crippen LogP) is 3.15. The van der Waals surface area contributed by atoms with E-state index in [0.29, 0.717) is 11.5 Å². The van der Waals surface area contributed by atoms with Crippen LogP contribution < -0.4 is 5.32 Å². The average molecular weight is 284 g/mol. The molecule has 1 heterocycles. The number of hydrogen-bond acceptors (Lipinski definition) is 3. The summed E-state index contributed by atoms with van der Waals surface area (Å²) in [5, 5.41) is 3.71. The summed E-state index contributed by atoms with van der Waals surface area (Å²) in [6.45, 7) is 21.1. The minimum absolute atomic E-state index is 0.225. The second-order valence-electron chi connectivity index (χ2n) is 8.35. The molecule has 0 radical (unpaired) electrons. The molecule has 1 fully saturated rings. The highest BCUT2D eigenvalue weighted by Gasteiger charge is 2.37. The van der Waals surface area contributed by atoms with Gasteiger partial charge in [0.05, 0.1) is 6.61 Å². The largest absolute Gasteiger partial charge is 0.380 e. The molecule has 20 heavy (non-hydrogen) atoms. The van der Waals surface area contributed by atoms with Crippen molar-refractivity contribution in [1.29, 1.82) is 0 Å². The lowest BCUT2D eigenvalue weighted by molar-refractivity contribution is 0.00845. The number of ether oxygens (including phenoxy) is 1. The van der Waals surface area contributed by atoms with Gasteiger partial charge in [-0.1, -0.05) is 34.6 Å². The van der Waals surface area contributed by atoms with Crippen molar-refractivity contribution in [3.8, 4) is 0 Å². The number of nitrogens with zero attached hydrogens (tertiary/aromatic N) is 1. The Balaban J connectivity index is 2.40. The number of nitrogens with one attached hydrogen (secondary N) is 1. The van der Waals surface area contributed by atoms with Gasteiger partial charge < -0.3 is 10.1 Å². The first-order valence-electron chi connectivity index (χ1n) is 8.19. The van der Waals surface area contributed by atoms with Gasteiger partial charge in [-0.15, -0.1) is 0 Å². The van der Waals surface area contributed by atoms with Gasteiger partial charge in [-0.2, -0.15) is 0 Å². The number of piperazine rings is 1. The summed E-state index contributed by atoms with van der Waals surface area (Å²) in [5.41, 5.74) is 0.538. The van der Waals surface area contributed by atoms with Crippen molar-refractivity contribution in [3.05, 3.63) is 0 Å². The molecule has 1 rings (SSSR count). The van der Waals surface area contributed by atoms with E-state index in [1.807, 2.05) is 0 Å². The monoisotopic (exact) mass is 284 g/mol. The fourth-order valence-corrected chi connectivity index (χ4v) is 2.59. The van der Waals surface area contributed by atoms with Crippen LogP contribution in [0.2, 0.25) is 0 Å². The zero-order chi connectivity index (χ0) is 15.4. The van der Waals surface area contributed by atoms with Crippen LogP contribution in [0.5, 0.6) is 0 Å². The maximum Gasteiger partial charge on any atom is 0.0593 e. The Morgan fingerprint density at radius 2 is 1.90 bits per heavy atom. The molecule has 3 nitrogen and oxygen atoms in total. The van der Waals surface area contributed by atoms with E-state index < -0.39 is 0 Å². The Morgan fingerprint density at radius 1 is 1.25 bits per heavy atom. The molecule has 1 unspecified atom stereocenters. The summed E-state index contributed by atoms with van der Waals surface area (Å²) in [4.78, 5) is 2.59. The van der Waals surface area contributed by atoms with Crippen LogP contribution in [0, 0.1) is 11.3 Å². The van der Waals surface area contributed by atoms with Crippen molar-refractivity contribution in [2.75, 3.05) is 32.8 Å². The third-order valence-electron chi connectivity index (χ3n) is 4.43. The Kier molecular flexibility index (Phi) is 6.49. The highest BCUT2D eigenvalue weighted by atomic mass is 16.5. The Bertz CT molecular complexity index is 281. The average Bonchev–Trinajstić information content (AvgIpc) is 2.28. The third-order valence-corrected chi connectivity index (χ3v) is 4.43. The summed E-state index contributed by atoms with van der Waals surface area (Å²) < 4.78 is 5.80. The van der Waals surface area contributed by atoms with E-state index in [1.165, 1.54) is 0 Å². The molecule has 0 aromatic heterocycles. The fourth-order valence-electron chi connectivity index (χ4n) is 2.59. The molecule has 3 heteroatoms. The van der Waals surface area contributed by atoms with E-state index in [0.717, 1.165) is 45.2 Å². The van der Waals surface area contributed by atoms with E-state index in [9.17, 15) is 0 Å². The highest BCUT2D eigenvalue weighted by molar-refractivity contribution is 4.96. The second-order valence-corrected chi connectivity index (χ2v) is 8.35. The molecule has 1 saturated heterocycles. The molecule has 1 aliphatic heterocycles. The summed E-state index contributed by atoms with van der Waals surface area (Å²) in [6.07, 6.45) is 1.16. The SMILES string of the molecule is CC(C)CCOCCN1CC(C(C)(C)C)NCC1(C)C. The molecule has 0 aromatic carbocycles. The van der Waals surface area contributed by atoms with E-state index >= 15 is 0 Å². The van der Waals surface area contributed by atoms with Gasteiger partial charge in [0.2, 0.25) is 0 Å². The van der Waals surface area contributed by atoms with Crippen LogP contribution in [0.25, 0.3) is 0 Å². The van der Waals surface area contributed by atoms with Gasteiger partial charge >= 0.3 is 0 Å². The minimum Gasteiger partial charge on any atom is -0.380 e. The van der Waals surface area contributed by atoms with E-state index in [1.54, 1.807) is 0 Å². The van der Waals surface area contributed by atoms with Crippen molar-refractivity contribution >= 4 is 0 Å². The molecule has 0 amide bonds. The zero-order valence-electron chi connectivity index (χ0n) is 14.8. The summed E-state index contributed by atoms with van der Waals surface area (Å²) in [5.74, 6) is 0.732. The van der Waals surface area contributed by atoms with Crippen LogP contribution in [-0.4, -0.2) is 49.3 Å². The normalized spacial score (nSPS) is 24.3. The van der Waals surface area contributed by atoms with Crippen molar-refractivity contribution in [2.45, 2.75) is 66.5 Å². The molecular weight excluding hydrogens is 248 g/mol. The molecule has 0 aromatic rings. The maximum atomic E-state index is 5.80. The van der Waals surface area contributed by atoms with Gasteiger partial charge in [0, 0.05) is 37.8 Å². The lowest BCUT2D eigenvalue weighted by atomic mass is 9.83. The van der Waals surface area contributed by atoms with E-state index in [2.05, 4.69) is 58.7 Å². The predicted molar refractivity (Wildman–Crippen MR) is 87.2 cm³/mol. The third kappa shape index (κ3) is 5.71. The van der Waals surface area contributed by atoms with E-state index in [4.69, 9.17) is 4.74 Å². The molecule has 120 valence electrons. The van der Waals surface area contributed by atoms with Gasteiger partial charge in [0.1, 0.15) is 0 Å². The topological polar surface area (TPSA) is 24.5 Å². The minimum atomic E-state index is 0.225. The Hall–Kier alpha value is -0.120. The van der Waals surface area contributed by atoms with Crippen LogP contribution in [0.3, 0.4) is 0 Å². The van der Waals surface area contributed by atoms with Crippen LogP contribution in [0.15, 0.2) is 0 Å². The Labute approximate surface area is 126 Å². The first-order valence-corrected chi connectivity index (χ1v) is 8.19.